The van der Waals surface area contributed by atoms with Crippen molar-refractivity contribution in [3.8, 4) is 0 Å². The second kappa shape index (κ2) is 8.25. The number of Topliss-reactive ketones (excluding diaryl/α,β-unsaturated/α-hetero) is 1. The van der Waals surface area contributed by atoms with Gasteiger partial charge in [-0.05, 0) is 62.8 Å². The summed E-state index contributed by atoms with van der Waals surface area (Å²) in [6.07, 6.45) is 0.739. The van der Waals surface area contributed by atoms with Crippen molar-refractivity contribution in [2.75, 3.05) is 27.2 Å². The van der Waals surface area contributed by atoms with Gasteiger partial charge in [0.2, 0.25) is 0 Å². The minimum atomic E-state index is -0.647. The number of aliphatic hydroxyl groups excluding tert-OH is 1. The molecule has 1 aliphatic rings. The number of hydrogen-bond donors (Lipinski definition) is 1. The number of halogens is 1. The van der Waals surface area contributed by atoms with E-state index in [-0.39, 0.29) is 11.3 Å². The maximum absolute atomic E-state index is 12.8. The standard InChI is InChI=1S/C20H21ClN2O3S/c1-22(2)10-4-11-23-17(15-5-3-12-27-15)16(19(25)20(23)26)18(24)13-6-8-14(21)9-7-13/h3,5-9,12,17,24H,4,10-11H2,1-2H3/b18-16+/t17-/m0/s1. The Morgan fingerprint density at radius 3 is 2.52 bits per heavy atom. The lowest BCUT2D eigenvalue weighted by Gasteiger charge is -2.24. The van der Waals surface area contributed by atoms with Gasteiger partial charge in [0.05, 0.1) is 11.6 Å². The quantitative estimate of drug-likeness (QED) is 0.452. The van der Waals surface area contributed by atoms with E-state index in [1.807, 2.05) is 36.5 Å². The van der Waals surface area contributed by atoms with Crippen LogP contribution in [0.3, 0.4) is 0 Å². The van der Waals surface area contributed by atoms with Gasteiger partial charge in [-0.2, -0.15) is 0 Å². The van der Waals surface area contributed by atoms with Crippen LogP contribution < -0.4 is 0 Å². The second-order valence-electron chi connectivity index (χ2n) is 6.67. The van der Waals surface area contributed by atoms with Gasteiger partial charge in [-0.1, -0.05) is 17.7 Å². The topological polar surface area (TPSA) is 60.9 Å². The van der Waals surface area contributed by atoms with E-state index in [1.54, 1.807) is 29.2 Å². The Morgan fingerprint density at radius 1 is 1.22 bits per heavy atom. The number of aliphatic hydroxyl groups is 1. The monoisotopic (exact) mass is 404 g/mol. The lowest BCUT2D eigenvalue weighted by atomic mass is 10.00. The molecule has 2 aromatic rings. The molecule has 3 rings (SSSR count). The number of hydrogen-bond acceptors (Lipinski definition) is 5. The van der Waals surface area contributed by atoms with Crippen LogP contribution in [0.4, 0.5) is 0 Å². The van der Waals surface area contributed by atoms with Crippen molar-refractivity contribution in [3.05, 3.63) is 62.8 Å². The molecule has 1 amide bonds. The first-order chi connectivity index (χ1) is 12.9. The van der Waals surface area contributed by atoms with Crippen molar-refractivity contribution in [2.45, 2.75) is 12.5 Å². The van der Waals surface area contributed by atoms with Gasteiger partial charge in [0, 0.05) is 22.0 Å². The molecule has 0 spiro atoms. The summed E-state index contributed by atoms with van der Waals surface area (Å²) in [4.78, 5) is 29.9. The van der Waals surface area contributed by atoms with E-state index in [9.17, 15) is 14.7 Å². The molecule has 1 atom stereocenters. The van der Waals surface area contributed by atoms with Crippen molar-refractivity contribution in [3.63, 3.8) is 0 Å². The van der Waals surface area contributed by atoms with Gasteiger partial charge in [-0.25, -0.2) is 0 Å². The molecule has 0 bridgehead atoms. The average Bonchev–Trinajstić information content (AvgIpc) is 3.24. The first-order valence-corrected chi connectivity index (χ1v) is 9.88. The molecule has 1 aliphatic heterocycles. The first-order valence-electron chi connectivity index (χ1n) is 8.62. The number of ketones is 1. The Hall–Kier alpha value is -2.15. The smallest absolute Gasteiger partial charge is 0.295 e. The summed E-state index contributed by atoms with van der Waals surface area (Å²) in [5, 5.41) is 13.3. The number of carbonyl (C=O) groups is 2. The zero-order valence-corrected chi connectivity index (χ0v) is 16.8. The SMILES string of the molecule is CN(C)CCCN1C(=O)C(=O)/C(=C(/O)c2ccc(Cl)cc2)[C@@H]1c1cccs1. The third-order valence-corrected chi connectivity index (χ3v) is 5.65. The van der Waals surface area contributed by atoms with Crippen molar-refractivity contribution >= 4 is 40.4 Å². The highest BCUT2D eigenvalue weighted by molar-refractivity contribution is 7.10. The molecular weight excluding hydrogens is 384 g/mol. The van der Waals surface area contributed by atoms with E-state index >= 15 is 0 Å². The molecule has 0 saturated carbocycles. The molecule has 7 heteroatoms. The Morgan fingerprint density at radius 2 is 1.93 bits per heavy atom. The maximum atomic E-state index is 12.8. The van der Waals surface area contributed by atoms with Crippen molar-refractivity contribution in [1.29, 1.82) is 0 Å². The van der Waals surface area contributed by atoms with E-state index in [0.29, 0.717) is 17.1 Å². The first kappa shape index (κ1) is 19.6. The van der Waals surface area contributed by atoms with Gasteiger partial charge in [0.1, 0.15) is 5.76 Å². The molecule has 0 unspecified atom stereocenters. The Labute approximate surface area is 167 Å². The van der Waals surface area contributed by atoms with E-state index in [1.165, 1.54) is 11.3 Å². The van der Waals surface area contributed by atoms with Gasteiger partial charge in [-0.3, -0.25) is 9.59 Å². The molecule has 5 nitrogen and oxygen atoms in total. The highest BCUT2D eigenvalue weighted by Gasteiger charge is 2.46. The van der Waals surface area contributed by atoms with Crippen LogP contribution in [0.1, 0.15) is 22.9 Å². The fourth-order valence-corrected chi connectivity index (χ4v) is 4.15. The summed E-state index contributed by atoms with van der Waals surface area (Å²) < 4.78 is 0. The van der Waals surface area contributed by atoms with Crippen LogP contribution in [-0.4, -0.2) is 53.8 Å². The van der Waals surface area contributed by atoms with Gasteiger partial charge in [0.15, 0.2) is 0 Å². The van der Waals surface area contributed by atoms with Crippen molar-refractivity contribution in [2.24, 2.45) is 0 Å². The molecule has 2 heterocycles. The maximum Gasteiger partial charge on any atom is 0.295 e. The summed E-state index contributed by atoms with van der Waals surface area (Å²) >= 11 is 7.38. The summed E-state index contributed by atoms with van der Waals surface area (Å²) in [6.45, 7) is 1.25. The molecule has 27 heavy (non-hydrogen) atoms. The van der Waals surface area contributed by atoms with Crippen LogP contribution in [0.25, 0.3) is 5.76 Å². The van der Waals surface area contributed by atoms with Crippen LogP contribution in [0.2, 0.25) is 5.02 Å². The molecule has 1 aromatic carbocycles. The Bertz CT molecular complexity index is 860. The number of carbonyl (C=O) groups excluding carboxylic acids is 2. The van der Waals surface area contributed by atoms with Crippen molar-refractivity contribution in [1.82, 2.24) is 9.80 Å². The van der Waals surface area contributed by atoms with E-state index < -0.39 is 17.7 Å². The summed E-state index contributed by atoms with van der Waals surface area (Å²) in [7, 11) is 3.93. The third-order valence-electron chi connectivity index (χ3n) is 4.47. The lowest BCUT2D eigenvalue weighted by molar-refractivity contribution is -0.139. The zero-order valence-electron chi connectivity index (χ0n) is 15.2. The van der Waals surface area contributed by atoms with Gasteiger partial charge >= 0.3 is 0 Å². The van der Waals surface area contributed by atoms with E-state index in [0.717, 1.165) is 17.8 Å². The zero-order chi connectivity index (χ0) is 19.6. The van der Waals surface area contributed by atoms with E-state index in [4.69, 9.17) is 11.6 Å². The van der Waals surface area contributed by atoms with Crippen LogP contribution >= 0.6 is 22.9 Å². The third kappa shape index (κ3) is 4.08. The minimum Gasteiger partial charge on any atom is -0.507 e. The predicted octanol–water partition coefficient (Wildman–Crippen LogP) is 3.77. The van der Waals surface area contributed by atoms with Gasteiger partial charge in [0.25, 0.3) is 11.7 Å². The number of rotatable bonds is 6. The number of nitrogens with zero attached hydrogens (tertiary/aromatic N) is 2. The van der Waals surface area contributed by atoms with Crippen LogP contribution in [0.5, 0.6) is 0 Å². The Balaban J connectivity index is 2.03. The normalized spacial score (nSPS) is 19.3. The van der Waals surface area contributed by atoms with Gasteiger partial charge in [-0.15, -0.1) is 11.3 Å². The fraction of sp³-hybridized carbons (Fsp3) is 0.300. The number of amides is 1. The second-order valence-corrected chi connectivity index (χ2v) is 8.09. The summed E-state index contributed by atoms with van der Waals surface area (Å²) in [6, 6.07) is 9.76. The average molecular weight is 405 g/mol. The molecule has 142 valence electrons. The largest absolute Gasteiger partial charge is 0.507 e. The van der Waals surface area contributed by atoms with Crippen molar-refractivity contribution < 1.29 is 14.7 Å². The molecule has 0 radical (unpaired) electrons. The molecule has 1 aromatic heterocycles. The highest BCUT2D eigenvalue weighted by atomic mass is 35.5. The van der Waals surface area contributed by atoms with E-state index in [2.05, 4.69) is 0 Å². The molecule has 1 N–H and O–H groups in total. The van der Waals surface area contributed by atoms with Crippen LogP contribution in [0.15, 0.2) is 47.4 Å². The molecule has 0 aliphatic carbocycles. The predicted molar refractivity (Wildman–Crippen MR) is 108 cm³/mol. The highest BCUT2D eigenvalue weighted by Crippen LogP contribution is 2.41. The summed E-state index contributed by atoms with van der Waals surface area (Å²) in [5.41, 5.74) is 0.599. The molecular formula is C20H21ClN2O3S. The number of likely N-dealkylation sites (tertiary alicyclic amines) is 1. The fourth-order valence-electron chi connectivity index (χ4n) is 3.17. The Kier molecular flexibility index (Phi) is 5.99. The minimum absolute atomic E-state index is 0.134. The number of thiophene rings is 1. The molecule has 1 saturated heterocycles. The summed E-state index contributed by atoms with van der Waals surface area (Å²) in [5.74, 6) is -1.38. The van der Waals surface area contributed by atoms with Crippen LogP contribution in [-0.2, 0) is 9.59 Å². The van der Waals surface area contributed by atoms with Gasteiger partial charge < -0.3 is 14.9 Å². The van der Waals surface area contributed by atoms with Crippen LogP contribution in [0, 0.1) is 0 Å². The number of benzene rings is 1. The molecule has 1 fully saturated rings. The lowest BCUT2D eigenvalue weighted by Crippen LogP contribution is -2.32.